The van der Waals surface area contributed by atoms with Gasteiger partial charge in [0.1, 0.15) is 0 Å². The Hall–Kier alpha value is -3.00. The third-order valence-electron chi connectivity index (χ3n) is 9.32. The van der Waals surface area contributed by atoms with Gasteiger partial charge in [0.15, 0.2) is 34.8 Å². The van der Waals surface area contributed by atoms with E-state index >= 15 is 8.78 Å². The number of aliphatic hydroxyl groups is 1. The Morgan fingerprint density at radius 2 is 0.905 bits per heavy atom. The largest absolute Gasteiger partial charge is 0.491 e. The Labute approximate surface area is 242 Å². The fourth-order valence-electron chi connectivity index (χ4n) is 6.99. The highest BCUT2D eigenvalue weighted by Gasteiger charge is 2.32. The Kier molecular flexibility index (Phi) is 9.21. The molecule has 3 aromatic carbocycles. The summed E-state index contributed by atoms with van der Waals surface area (Å²) in [5.41, 5.74) is 1.05. The first-order valence-corrected chi connectivity index (χ1v) is 14.9. The van der Waals surface area contributed by atoms with Crippen molar-refractivity contribution in [2.75, 3.05) is 6.61 Å². The normalized spacial score (nSPS) is 23.5. The summed E-state index contributed by atoms with van der Waals surface area (Å²) < 4.78 is 94.2. The molecule has 0 radical (unpaired) electrons. The number of halogens is 6. The number of aliphatic hydroxyl groups excluding tert-OH is 1. The van der Waals surface area contributed by atoms with Crippen LogP contribution in [0.25, 0.3) is 0 Å². The second kappa shape index (κ2) is 12.7. The molecule has 0 bridgehead atoms. The second-order valence-corrected chi connectivity index (χ2v) is 11.7. The Morgan fingerprint density at radius 1 is 0.571 bits per heavy atom. The summed E-state index contributed by atoms with van der Waals surface area (Å²) in [6, 6.07) is 9.19. The average molecular weight is 591 g/mol. The number of hydrogen-bond acceptors (Lipinski definition) is 2. The van der Waals surface area contributed by atoms with Gasteiger partial charge in [-0.1, -0.05) is 30.3 Å². The maximum Gasteiger partial charge on any atom is 0.200 e. The minimum atomic E-state index is -1.12. The van der Waals surface area contributed by atoms with E-state index in [9.17, 15) is 22.7 Å². The third-order valence-corrected chi connectivity index (χ3v) is 9.32. The van der Waals surface area contributed by atoms with Crippen molar-refractivity contribution in [3.05, 3.63) is 99.1 Å². The average Bonchev–Trinajstić information content (AvgIpc) is 2.99. The van der Waals surface area contributed by atoms with Crippen LogP contribution in [-0.4, -0.2) is 11.7 Å². The van der Waals surface area contributed by atoms with Gasteiger partial charge in [-0.15, -0.1) is 0 Å². The van der Waals surface area contributed by atoms with Crippen molar-refractivity contribution in [3.63, 3.8) is 0 Å². The topological polar surface area (TPSA) is 29.5 Å². The van der Waals surface area contributed by atoms with Crippen molar-refractivity contribution in [1.29, 1.82) is 0 Å². The zero-order valence-electron chi connectivity index (χ0n) is 23.8. The fraction of sp³-hybridized carbons (Fsp3) is 0.471. The van der Waals surface area contributed by atoms with E-state index < -0.39 is 41.0 Å². The fourth-order valence-corrected chi connectivity index (χ4v) is 6.99. The SMILES string of the molecule is CCOc1ccc(C2CCC(c3ccc(C4CCC(c5ccc(C(C)O)c(F)c5F)CC4)c(F)c3F)CC2)c(F)c1F. The molecule has 2 fully saturated rings. The first kappa shape index (κ1) is 30.5. The molecule has 2 nitrogen and oxygen atoms in total. The molecule has 226 valence electrons. The summed E-state index contributed by atoms with van der Waals surface area (Å²) in [5, 5.41) is 9.64. The molecule has 2 saturated carbocycles. The van der Waals surface area contributed by atoms with Gasteiger partial charge >= 0.3 is 0 Å². The van der Waals surface area contributed by atoms with Gasteiger partial charge in [0.2, 0.25) is 5.82 Å². The van der Waals surface area contributed by atoms with Crippen LogP contribution in [0.4, 0.5) is 26.3 Å². The monoisotopic (exact) mass is 590 g/mol. The van der Waals surface area contributed by atoms with Gasteiger partial charge in [-0.25, -0.2) is 22.0 Å². The van der Waals surface area contributed by atoms with Crippen molar-refractivity contribution in [1.82, 2.24) is 0 Å². The van der Waals surface area contributed by atoms with E-state index in [1.54, 1.807) is 25.1 Å². The van der Waals surface area contributed by atoms with Crippen molar-refractivity contribution in [2.24, 2.45) is 0 Å². The van der Waals surface area contributed by atoms with Crippen molar-refractivity contribution in [3.8, 4) is 5.75 Å². The lowest BCUT2D eigenvalue weighted by molar-refractivity contribution is 0.192. The van der Waals surface area contributed by atoms with Crippen LogP contribution in [-0.2, 0) is 0 Å². The van der Waals surface area contributed by atoms with Gasteiger partial charge in [-0.2, -0.15) is 4.39 Å². The lowest BCUT2D eigenvalue weighted by atomic mass is 9.74. The van der Waals surface area contributed by atoms with Crippen LogP contribution in [0.15, 0.2) is 36.4 Å². The molecular weight excluding hydrogens is 554 g/mol. The van der Waals surface area contributed by atoms with Crippen molar-refractivity contribution < 1.29 is 36.2 Å². The van der Waals surface area contributed by atoms with Crippen LogP contribution >= 0.6 is 0 Å². The van der Waals surface area contributed by atoms with Crippen LogP contribution < -0.4 is 4.74 Å². The third kappa shape index (κ3) is 5.79. The number of ether oxygens (including phenoxy) is 1. The minimum absolute atomic E-state index is 0.0895. The Balaban J connectivity index is 1.23. The van der Waals surface area contributed by atoms with Gasteiger partial charge in [0.05, 0.1) is 12.7 Å². The number of rotatable bonds is 7. The van der Waals surface area contributed by atoms with Crippen LogP contribution in [0.1, 0.15) is 123 Å². The zero-order chi connectivity index (χ0) is 30.1. The van der Waals surface area contributed by atoms with E-state index in [4.69, 9.17) is 4.74 Å². The molecule has 0 aromatic heterocycles. The molecule has 2 aliphatic carbocycles. The molecule has 8 heteroatoms. The zero-order valence-corrected chi connectivity index (χ0v) is 23.8. The predicted molar refractivity (Wildman–Crippen MR) is 149 cm³/mol. The Morgan fingerprint density at radius 3 is 1.29 bits per heavy atom. The summed E-state index contributed by atoms with van der Waals surface area (Å²) in [7, 11) is 0. The molecule has 0 aliphatic heterocycles. The highest BCUT2D eigenvalue weighted by atomic mass is 19.2. The van der Waals surface area contributed by atoms with Gasteiger partial charge < -0.3 is 9.84 Å². The second-order valence-electron chi connectivity index (χ2n) is 11.7. The van der Waals surface area contributed by atoms with Crippen LogP contribution in [0.5, 0.6) is 5.75 Å². The predicted octanol–water partition coefficient (Wildman–Crippen LogP) is 9.86. The molecule has 42 heavy (non-hydrogen) atoms. The molecule has 2 aliphatic rings. The summed E-state index contributed by atoms with van der Waals surface area (Å²) in [6.07, 6.45) is 3.00. The molecule has 0 spiro atoms. The van der Waals surface area contributed by atoms with E-state index in [1.807, 2.05) is 0 Å². The van der Waals surface area contributed by atoms with Gasteiger partial charge in [-0.3, -0.25) is 0 Å². The summed E-state index contributed by atoms with van der Waals surface area (Å²) in [6.45, 7) is 3.29. The lowest BCUT2D eigenvalue weighted by Gasteiger charge is -2.31. The molecule has 0 amide bonds. The number of benzene rings is 3. The van der Waals surface area contributed by atoms with Gasteiger partial charge in [-0.05, 0) is 117 Å². The highest BCUT2D eigenvalue weighted by Crippen LogP contribution is 2.46. The van der Waals surface area contributed by atoms with Crippen molar-refractivity contribution >= 4 is 0 Å². The first-order chi connectivity index (χ1) is 20.1. The quantitative estimate of drug-likeness (QED) is 0.278. The Bertz CT molecular complexity index is 1420. The van der Waals surface area contributed by atoms with E-state index in [1.165, 1.54) is 25.1 Å². The van der Waals surface area contributed by atoms with E-state index in [2.05, 4.69) is 0 Å². The molecule has 5 rings (SSSR count). The van der Waals surface area contributed by atoms with Gasteiger partial charge in [0.25, 0.3) is 0 Å². The molecule has 1 atom stereocenters. The molecule has 0 saturated heterocycles. The lowest BCUT2D eigenvalue weighted by Crippen LogP contribution is -2.18. The van der Waals surface area contributed by atoms with Crippen LogP contribution in [0.3, 0.4) is 0 Å². The minimum Gasteiger partial charge on any atom is -0.491 e. The smallest absolute Gasteiger partial charge is 0.200 e. The molecule has 0 heterocycles. The molecule has 1 unspecified atom stereocenters. The van der Waals surface area contributed by atoms with Gasteiger partial charge in [0, 0.05) is 5.56 Å². The highest BCUT2D eigenvalue weighted by molar-refractivity contribution is 5.36. The molecule has 3 aromatic rings. The van der Waals surface area contributed by atoms with E-state index in [-0.39, 0.29) is 52.7 Å². The number of hydrogen-bond donors (Lipinski definition) is 1. The maximum absolute atomic E-state index is 15.4. The molecular formula is C34H36F6O2. The van der Waals surface area contributed by atoms with Crippen molar-refractivity contribution in [2.45, 2.75) is 95.0 Å². The summed E-state index contributed by atoms with van der Waals surface area (Å²) in [4.78, 5) is 0. The molecule has 1 N–H and O–H groups in total. The first-order valence-electron chi connectivity index (χ1n) is 14.9. The maximum atomic E-state index is 15.4. The van der Waals surface area contributed by atoms with E-state index in [0.717, 1.165) is 0 Å². The standard InChI is InChI=1S/C34H36F6O2/c1-3-42-28-17-16-27(33(39)34(28)40)22-10-8-21(9-11-22)26-15-14-25(31(37)32(26)38)20-6-4-19(5-7-20)24-13-12-23(18(2)41)29(35)30(24)36/h12-22,41H,3-11H2,1-2H3. The summed E-state index contributed by atoms with van der Waals surface area (Å²) >= 11 is 0. The van der Waals surface area contributed by atoms with E-state index in [0.29, 0.717) is 62.5 Å². The van der Waals surface area contributed by atoms with Crippen LogP contribution in [0, 0.1) is 34.9 Å². The summed E-state index contributed by atoms with van der Waals surface area (Å²) in [5.74, 6) is -6.67. The van der Waals surface area contributed by atoms with Crippen LogP contribution in [0.2, 0.25) is 0 Å².